The van der Waals surface area contributed by atoms with E-state index in [-0.39, 0.29) is 23.1 Å². The molecule has 22 heteroatoms. The molecular formula is C51H53ClFN15O5. The number of benzene rings is 2. The number of nitrogens with zero attached hydrogens (tertiary/aromatic N) is 10. The van der Waals surface area contributed by atoms with Gasteiger partial charge in [0.15, 0.2) is 28.9 Å². The SMILES string of the molecule is COc1cc(N2CCC(C)(O)CC2)ncc1Nc1nccc(Nc2cnc3ccc(Cl)cc3c2)n1.COc1cc(Nc2ncc(F)c(Nc3cc4ccccc4nc3C(N)=O)n2)cnc1N1CCC(C)(O)CC1. The highest BCUT2D eigenvalue weighted by Gasteiger charge is 2.30. The van der Waals surface area contributed by atoms with Crippen LogP contribution < -0.4 is 46.3 Å². The Morgan fingerprint density at radius 1 is 0.671 bits per heavy atom. The number of carbonyl (C=O) groups excluding carboxylic acids is 1. The number of hydrogen-bond acceptors (Lipinski definition) is 19. The van der Waals surface area contributed by atoms with Crippen LogP contribution in [0.3, 0.4) is 0 Å². The van der Waals surface area contributed by atoms with Crippen molar-refractivity contribution in [3.05, 3.63) is 120 Å². The minimum Gasteiger partial charge on any atom is -0.494 e. The molecule has 376 valence electrons. The van der Waals surface area contributed by atoms with E-state index in [1.54, 1.807) is 69.3 Å². The molecule has 10 rings (SSSR count). The lowest BCUT2D eigenvalue weighted by Crippen LogP contribution is -2.42. The van der Waals surface area contributed by atoms with Crippen LogP contribution in [-0.2, 0) is 0 Å². The van der Waals surface area contributed by atoms with Crippen LogP contribution in [0.15, 0.2) is 104 Å². The molecule has 20 nitrogen and oxygen atoms in total. The van der Waals surface area contributed by atoms with Crippen molar-refractivity contribution < 1.29 is 28.9 Å². The monoisotopic (exact) mass is 1010 g/mol. The topological polar surface area (TPSA) is 260 Å². The van der Waals surface area contributed by atoms with Crippen molar-refractivity contribution in [1.82, 2.24) is 39.9 Å². The zero-order valence-electron chi connectivity index (χ0n) is 40.4. The fourth-order valence-corrected chi connectivity index (χ4v) is 8.45. The molecule has 73 heavy (non-hydrogen) atoms. The molecule has 6 aromatic heterocycles. The standard InChI is InChI=1S/C26H27FN8O3.C25H26ClN7O2/c1-26(37)7-9-35(10-8-26)24-20(38-2)12-16(13-29-24)31-25-30-14-17(27)23(34-25)33-19-11-15-5-3-4-6-18(15)32-21(19)22(28)36;1-25(34)6-9-33(10-7-25)23-13-21(35-2)20(15-29-23)31-24-27-8-5-22(32-24)30-18-12-16-11-17(26)3-4-19(16)28-14-18/h3-6,11-14,37H,7-10H2,1-2H3,(H2,28,36)(H2,30,31,33,34);3-5,8,11-15,34H,6-7,9-10H2,1-2H3,(H2,27,30,31,32). The number of ether oxygens (including phenoxy) is 2. The van der Waals surface area contributed by atoms with E-state index in [2.05, 4.69) is 70.9 Å². The minimum absolute atomic E-state index is 0.0417. The van der Waals surface area contributed by atoms with Gasteiger partial charge in [0, 0.05) is 60.3 Å². The lowest BCUT2D eigenvalue weighted by Gasteiger charge is -2.36. The number of amides is 1. The number of piperidine rings is 2. The Morgan fingerprint density at radius 3 is 2.11 bits per heavy atom. The van der Waals surface area contributed by atoms with E-state index in [0.717, 1.165) is 47.1 Å². The van der Waals surface area contributed by atoms with Crippen LogP contribution >= 0.6 is 11.6 Å². The number of primary amides is 1. The number of rotatable bonds is 13. The highest BCUT2D eigenvalue weighted by Crippen LogP contribution is 2.35. The van der Waals surface area contributed by atoms with Gasteiger partial charge in [0.2, 0.25) is 11.9 Å². The maximum atomic E-state index is 14.7. The summed E-state index contributed by atoms with van der Waals surface area (Å²) in [6, 6.07) is 21.8. The van der Waals surface area contributed by atoms with Crippen molar-refractivity contribution in [2.75, 3.05) is 71.5 Å². The highest BCUT2D eigenvalue weighted by molar-refractivity contribution is 6.31. The molecule has 0 aliphatic carbocycles. The van der Waals surface area contributed by atoms with Crippen LogP contribution in [0.5, 0.6) is 11.5 Å². The van der Waals surface area contributed by atoms with E-state index in [1.165, 1.54) is 0 Å². The average molecular weight is 1010 g/mol. The summed E-state index contributed by atoms with van der Waals surface area (Å²) in [5, 5.41) is 35.1. The van der Waals surface area contributed by atoms with Gasteiger partial charge in [-0.15, -0.1) is 0 Å². The first-order valence-electron chi connectivity index (χ1n) is 23.3. The number of nitrogens with one attached hydrogen (secondary N) is 4. The molecule has 8 heterocycles. The first kappa shape index (κ1) is 49.7. The van der Waals surface area contributed by atoms with E-state index < -0.39 is 22.9 Å². The second-order valence-corrected chi connectivity index (χ2v) is 18.6. The summed E-state index contributed by atoms with van der Waals surface area (Å²) in [4.78, 5) is 51.3. The molecule has 2 aliphatic rings. The second-order valence-electron chi connectivity index (χ2n) is 18.1. The predicted octanol–water partition coefficient (Wildman–Crippen LogP) is 8.43. The van der Waals surface area contributed by atoms with Gasteiger partial charge in [0.1, 0.15) is 23.1 Å². The Morgan fingerprint density at radius 2 is 1.37 bits per heavy atom. The fourth-order valence-electron chi connectivity index (χ4n) is 8.27. The Kier molecular flexibility index (Phi) is 14.4. The van der Waals surface area contributed by atoms with Gasteiger partial charge in [-0.2, -0.15) is 9.97 Å². The van der Waals surface area contributed by atoms with E-state index in [1.807, 2.05) is 56.3 Å². The van der Waals surface area contributed by atoms with Crippen LogP contribution in [0.4, 0.5) is 62.3 Å². The summed E-state index contributed by atoms with van der Waals surface area (Å²) in [6.07, 6.45) is 10.4. The number of aliphatic hydroxyl groups is 2. The van der Waals surface area contributed by atoms with Gasteiger partial charge in [-0.1, -0.05) is 29.8 Å². The minimum atomic E-state index is -0.762. The van der Waals surface area contributed by atoms with Crippen LogP contribution in [-0.4, -0.2) is 108 Å². The van der Waals surface area contributed by atoms with Gasteiger partial charge in [-0.25, -0.2) is 29.3 Å². The second kappa shape index (κ2) is 21.2. The molecular weight excluding hydrogens is 957 g/mol. The number of fused-ring (bicyclic) bond motifs is 2. The number of pyridine rings is 4. The molecule has 2 saturated heterocycles. The van der Waals surface area contributed by atoms with Gasteiger partial charge < -0.3 is 56.5 Å². The smallest absolute Gasteiger partial charge is 0.269 e. The van der Waals surface area contributed by atoms with Crippen molar-refractivity contribution >= 4 is 97.2 Å². The zero-order valence-corrected chi connectivity index (χ0v) is 41.2. The van der Waals surface area contributed by atoms with Crippen molar-refractivity contribution in [2.24, 2.45) is 5.73 Å². The van der Waals surface area contributed by atoms with Gasteiger partial charge in [0.25, 0.3) is 5.91 Å². The molecule has 8 aromatic rings. The molecule has 2 aromatic carbocycles. The third-order valence-electron chi connectivity index (χ3n) is 12.5. The van der Waals surface area contributed by atoms with Crippen LogP contribution in [0, 0.1) is 5.82 Å². The predicted molar refractivity (Wildman–Crippen MR) is 280 cm³/mol. The molecule has 0 unspecified atom stereocenters. The first-order chi connectivity index (χ1) is 35.1. The van der Waals surface area contributed by atoms with Gasteiger partial charge in [0.05, 0.1) is 78.3 Å². The quantitative estimate of drug-likeness (QED) is 0.0571. The van der Waals surface area contributed by atoms with Crippen molar-refractivity contribution in [3.8, 4) is 11.5 Å². The molecule has 0 atom stereocenters. The summed E-state index contributed by atoms with van der Waals surface area (Å²) in [6.45, 7) is 6.48. The third kappa shape index (κ3) is 12.1. The number of aromatic nitrogens is 8. The normalized spacial score (nSPS) is 15.0. The molecule has 2 fully saturated rings. The molecule has 0 bridgehead atoms. The fraction of sp³-hybridized carbons (Fsp3) is 0.275. The third-order valence-corrected chi connectivity index (χ3v) is 12.7. The summed E-state index contributed by atoms with van der Waals surface area (Å²) < 4.78 is 25.8. The summed E-state index contributed by atoms with van der Waals surface area (Å²) in [5.41, 5.74) is 7.80. The molecule has 0 saturated carbocycles. The largest absolute Gasteiger partial charge is 0.494 e. The number of nitrogens with two attached hydrogens (primary N) is 1. The molecule has 0 radical (unpaired) electrons. The Balaban J connectivity index is 0.000000180. The van der Waals surface area contributed by atoms with Gasteiger partial charge >= 0.3 is 0 Å². The summed E-state index contributed by atoms with van der Waals surface area (Å²) in [5.74, 6) is 2.07. The van der Waals surface area contributed by atoms with Crippen LogP contribution in [0.2, 0.25) is 5.02 Å². The van der Waals surface area contributed by atoms with Crippen molar-refractivity contribution in [2.45, 2.75) is 50.7 Å². The maximum Gasteiger partial charge on any atom is 0.269 e. The molecule has 8 N–H and O–H groups in total. The number of anilines is 10. The zero-order chi connectivity index (χ0) is 51.3. The van der Waals surface area contributed by atoms with Crippen molar-refractivity contribution in [3.63, 3.8) is 0 Å². The number of methoxy groups -OCH3 is 2. The first-order valence-corrected chi connectivity index (χ1v) is 23.7. The average Bonchev–Trinajstić information content (AvgIpc) is 3.37. The number of carbonyl (C=O) groups is 1. The Hall–Kier alpha value is -8.27. The highest BCUT2D eigenvalue weighted by atomic mass is 35.5. The number of halogens is 2. The summed E-state index contributed by atoms with van der Waals surface area (Å²) in [7, 11) is 3.16. The van der Waals surface area contributed by atoms with Gasteiger partial charge in [-0.05, 0) is 82.0 Å². The Labute approximate surface area is 424 Å². The lowest BCUT2D eigenvalue weighted by molar-refractivity contribution is 0.0344. The Bertz CT molecular complexity index is 3290. The number of para-hydroxylation sites is 1. The molecule has 0 spiro atoms. The van der Waals surface area contributed by atoms with E-state index in [0.29, 0.717) is 89.8 Å². The van der Waals surface area contributed by atoms with Gasteiger partial charge in [-0.3, -0.25) is 9.78 Å². The van der Waals surface area contributed by atoms with E-state index in [4.69, 9.17) is 26.8 Å². The maximum absolute atomic E-state index is 14.7. The van der Waals surface area contributed by atoms with E-state index in [9.17, 15) is 19.4 Å². The van der Waals surface area contributed by atoms with Crippen LogP contribution in [0.1, 0.15) is 50.0 Å². The lowest BCUT2D eigenvalue weighted by atomic mass is 9.94. The number of hydrogen-bond donors (Lipinski definition) is 7. The summed E-state index contributed by atoms with van der Waals surface area (Å²) >= 11 is 6.11. The van der Waals surface area contributed by atoms with Crippen molar-refractivity contribution in [1.29, 1.82) is 0 Å². The van der Waals surface area contributed by atoms with Crippen LogP contribution in [0.25, 0.3) is 21.8 Å². The van der Waals surface area contributed by atoms with E-state index >= 15 is 0 Å². The molecule has 2 aliphatic heterocycles. The molecule has 1 amide bonds.